The topological polar surface area (TPSA) is 54.5 Å². The van der Waals surface area contributed by atoms with Crippen LogP contribution in [0.15, 0.2) is 54.7 Å². The molecule has 0 amide bonds. The van der Waals surface area contributed by atoms with E-state index < -0.39 is 11.7 Å². The van der Waals surface area contributed by atoms with Crippen molar-refractivity contribution in [1.29, 1.82) is 0 Å². The van der Waals surface area contributed by atoms with Crippen LogP contribution in [0, 0.1) is 11.8 Å². The van der Waals surface area contributed by atoms with Gasteiger partial charge in [-0.05, 0) is 42.5 Å². The van der Waals surface area contributed by atoms with Gasteiger partial charge in [0, 0.05) is 54.6 Å². The minimum absolute atomic E-state index is 0.0110. The van der Waals surface area contributed by atoms with Gasteiger partial charge in [0.25, 0.3) is 0 Å². The van der Waals surface area contributed by atoms with Crippen molar-refractivity contribution in [3.8, 4) is 28.8 Å². The summed E-state index contributed by atoms with van der Waals surface area (Å²) in [5.41, 5.74) is 0.817. The van der Waals surface area contributed by atoms with Crippen molar-refractivity contribution >= 4 is 12.0 Å². The lowest BCUT2D eigenvalue weighted by Gasteiger charge is -2.33. The molecule has 1 N–H and O–H groups in total. The van der Waals surface area contributed by atoms with E-state index in [-0.39, 0.29) is 17.5 Å². The number of aldehydes is 1. The number of nitrogens with one attached hydrogen (secondary N) is 1. The van der Waals surface area contributed by atoms with E-state index in [0.29, 0.717) is 43.0 Å². The van der Waals surface area contributed by atoms with Gasteiger partial charge in [-0.15, -0.1) is 0 Å². The Hall–Kier alpha value is -3.83. The molecule has 1 aromatic heterocycles. The van der Waals surface area contributed by atoms with Gasteiger partial charge in [0.05, 0.1) is 24.1 Å². The minimum Gasteiger partial charge on any atom is -0.497 e. The summed E-state index contributed by atoms with van der Waals surface area (Å²) in [7, 11) is 1.59. The number of pyridine rings is 1. The second kappa shape index (κ2) is 9.98. The highest BCUT2D eigenvalue weighted by atomic mass is 19.4. The van der Waals surface area contributed by atoms with Gasteiger partial charge in [-0.1, -0.05) is 17.9 Å². The number of carbonyl (C=O) groups is 1. The normalized spacial score (nSPS) is 13.7. The SMILES string of the molecule is COc1ccc(C#Cc2ccc(-c3ccc(C=O)c(C(F)(F)F)c3N3CCNCC3)nc2)cc1. The van der Waals surface area contributed by atoms with Gasteiger partial charge >= 0.3 is 6.18 Å². The fourth-order valence-electron chi connectivity index (χ4n) is 3.87. The average Bonchev–Trinajstić information content (AvgIpc) is 2.87. The molecule has 0 atom stereocenters. The third kappa shape index (κ3) is 5.05. The second-order valence-corrected chi connectivity index (χ2v) is 7.69. The highest BCUT2D eigenvalue weighted by Gasteiger charge is 2.39. The zero-order valence-electron chi connectivity index (χ0n) is 18.4. The van der Waals surface area contributed by atoms with Gasteiger partial charge in [0.15, 0.2) is 6.29 Å². The number of hydrogen-bond acceptors (Lipinski definition) is 5. The maximum Gasteiger partial charge on any atom is 0.419 e. The van der Waals surface area contributed by atoms with Gasteiger partial charge in [-0.25, -0.2) is 0 Å². The van der Waals surface area contributed by atoms with Crippen LogP contribution in [0.25, 0.3) is 11.3 Å². The third-order valence-electron chi connectivity index (χ3n) is 5.53. The molecule has 174 valence electrons. The zero-order chi connectivity index (χ0) is 24.1. The smallest absolute Gasteiger partial charge is 0.419 e. The Morgan fingerprint density at radius 1 is 1.00 bits per heavy atom. The summed E-state index contributed by atoms with van der Waals surface area (Å²) in [6.07, 6.45) is -2.89. The van der Waals surface area contributed by atoms with Crippen LogP contribution < -0.4 is 15.0 Å². The predicted octanol–water partition coefficient (Wildman–Crippen LogP) is 4.40. The molecular formula is C26H22F3N3O2. The molecule has 8 heteroatoms. The molecule has 0 aliphatic carbocycles. The first-order valence-corrected chi connectivity index (χ1v) is 10.7. The van der Waals surface area contributed by atoms with Crippen LogP contribution >= 0.6 is 0 Å². The van der Waals surface area contributed by atoms with Gasteiger partial charge in [-0.3, -0.25) is 9.78 Å². The lowest BCUT2D eigenvalue weighted by Crippen LogP contribution is -2.44. The van der Waals surface area contributed by atoms with Crippen LogP contribution in [-0.2, 0) is 6.18 Å². The molecule has 0 spiro atoms. The van der Waals surface area contributed by atoms with E-state index in [9.17, 15) is 18.0 Å². The molecule has 1 aliphatic heterocycles. The Morgan fingerprint density at radius 2 is 1.68 bits per heavy atom. The number of anilines is 1. The number of alkyl halides is 3. The fourth-order valence-corrected chi connectivity index (χ4v) is 3.87. The van der Waals surface area contributed by atoms with E-state index in [1.807, 2.05) is 24.3 Å². The highest BCUT2D eigenvalue weighted by molar-refractivity contribution is 5.89. The Kier molecular flexibility index (Phi) is 6.85. The molecule has 0 saturated carbocycles. The van der Waals surface area contributed by atoms with Crippen LogP contribution in [0.1, 0.15) is 27.0 Å². The van der Waals surface area contributed by atoms with Crippen LogP contribution in [0.3, 0.4) is 0 Å². The number of rotatable bonds is 4. The molecular weight excluding hydrogens is 443 g/mol. The lowest BCUT2D eigenvalue weighted by molar-refractivity contribution is -0.137. The minimum atomic E-state index is -4.68. The predicted molar refractivity (Wildman–Crippen MR) is 124 cm³/mol. The quantitative estimate of drug-likeness (QED) is 0.457. The van der Waals surface area contributed by atoms with Crippen molar-refractivity contribution in [2.24, 2.45) is 0 Å². The van der Waals surface area contributed by atoms with E-state index in [1.54, 1.807) is 24.1 Å². The van der Waals surface area contributed by atoms with Gasteiger partial charge in [-0.2, -0.15) is 13.2 Å². The maximum absolute atomic E-state index is 14.1. The van der Waals surface area contributed by atoms with Crippen molar-refractivity contribution < 1.29 is 22.7 Å². The molecule has 1 aliphatic rings. The zero-order valence-corrected chi connectivity index (χ0v) is 18.4. The molecule has 0 bridgehead atoms. The summed E-state index contributed by atoms with van der Waals surface area (Å²) in [4.78, 5) is 17.5. The summed E-state index contributed by atoms with van der Waals surface area (Å²) in [5.74, 6) is 6.77. The van der Waals surface area contributed by atoms with E-state index >= 15 is 0 Å². The van der Waals surface area contributed by atoms with Crippen molar-refractivity contribution in [3.05, 3.63) is 77.0 Å². The number of carbonyl (C=O) groups excluding carboxylic acids is 1. The Bertz CT molecular complexity index is 1220. The Morgan fingerprint density at radius 3 is 2.26 bits per heavy atom. The van der Waals surface area contributed by atoms with Crippen LogP contribution in [0.2, 0.25) is 0 Å². The van der Waals surface area contributed by atoms with E-state index in [0.717, 1.165) is 11.3 Å². The first-order valence-electron chi connectivity index (χ1n) is 10.7. The number of aromatic nitrogens is 1. The van der Waals surface area contributed by atoms with Crippen LogP contribution in [-0.4, -0.2) is 44.6 Å². The molecule has 4 rings (SSSR count). The number of benzene rings is 2. The van der Waals surface area contributed by atoms with E-state index in [1.165, 1.54) is 18.3 Å². The molecule has 2 aromatic carbocycles. The van der Waals surface area contributed by atoms with E-state index in [2.05, 4.69) is 22.1 Å². The lowest BCUT2D eigenvalue weighted by atomic mass is 9.96. The number of hydrogen-bond donors (Lipinski definition) is 1. The number of methoxy groups -OCH3 is 1. The largest absolute Gasteiger partial charge is 0.497 e. The van der Waals surface area contributed by atoms with Crippen LogP contribution in [0.4, 0.5) is 18.9 Å². The molecule has 3 aromatic rings. The van der Waals surface area contributed by atoms with Crippen molar-refractivity contribution in [2.75, 3.05) is 38.2 Å². The number of nitrogens with zero attached hydrogens (tertiary/aromatic N) is 2. The molecule has 2 heterocycles. The van der Waals surface area contributed by atoms with Crippen molar-refractivity contribution in [3.63, 3.8) is 0 Å². The summed E-state index contributed by atoms with van der Waals surface area (Å²) >= 11 is 0. The highest BCUT2D eigenvalue weighted by Crippen LogP contribution is 2.44. The third-order valence-corrected chi connectivity index (χ3v) is 5.53. The van der Waals surface area contributed by atoms with E-state index in [4.69, 9.17) is 4.74 Å². The molecule has 0 radical (unpaired) electrons. The molecule has 0 unspecified atom stereocenters. The van der Waals surface area contributed by atoms with Gasteiger partial charge < -0.3 is 15.0 Å². The monoisotopic (exact) mass is 465 g/mol. The van der Waals surface area contributed by atoms with Crippen LogP contribution in [0.5, 0.6) is 5.75 Å². The fraction of sp³-hybridized carbons (Fsp3) is 0.231. The molecule has 34 heavy (non-hydrogen) atoms. The van der Waals surface area contributed by atoms with Gasteiger partial charge in [0.2, 0.25) is 0 Å². The summed E-state index contributed by atoms with van der Waals surface area (Å²) < 4.78 is 47.3. The molecule has 1 saturated heterocycles. The standard InChI is InChI=1S/C26H22F3N3O2/c1-34-21-8-4-18(5-9-21)2-3-19-6-11-23(31-16-19)22-10-7-20(17-33)24(26(27,28)29)25(22)32-14-12-30-13-15-32/h4-11,16-17,30H,12-15H2,1H3. The summed E-state index contributed by atoms with van der Waals surface area (Å²) in [6.45, 7) is 1.89. The average molecular weight is 465 g/mol. The number of ether oxygens (including phenoxy) is 1. The van der Waals surface area contributed by atoms with Crippen molar-refractivity contribution in [2.45, 2.75) is 6.18 Å². The van der Waals surface area contributed by atoms with Gasteiger partial charge in [0.1, 0.15) is 5.75 Å². The van der Waals surface area contributed by atoms with Crippen molar-refractivity contribution in [1.82, 2.24) is 10.3 Å². The molecule has 1 fully saturated rings. The Labute approximate surface area is 195 Å². The first-order chi connectivity index (χ1) is 16.4. The maximum atomic E-state index is 14.1. The number of halogens is 3. The first kappa shape index (κ1) is 23.3. The summed E-state index contributed by atoms with van der Waals surface area (Å²) in [5, 5.41) is 3.14. The molecule has 5 nitrogen and oxygen atoms in total. The summed E-state index contributed by atoms with van der Waals surface area (Å²) in [6, 6.07) is 13.4. The second-order valence-electron chi connectivity index (χ2n) is 7.69. The Balaban J connectivity index is 1.72. The number of piperazine rings is 1.